The molecule has 2 aromatic rings. The Bertz CT molecular complexity index is 1230. The van der Waals surface area contributed by atoms with Crippen LogP contribution in [0.3, 0.4) is 0 Å². The molecule has 0 spiro atoms. The molecular formula is C28H33FN4O5. The van der Waals surface area contributed by atoms with Crippen LogP contribution in [0.5, 0.6) is 5.75 Å². The zero-order valence-corrected chi connectivity index (χ0v) is 21.9. The van der Waals surface area contributed by atoms with Gasteiger partial charge in [-0.1, -0.05) is 24.3 Å². The van der Waals surface area contributed by atoms with Crippen LogP contribution in [-0.2, 0) is 9.53 Å². The van der Waals surface area contributed by atoms with E-state index < -0.39 is 17.8 Å². The largest absolute Gasteiger partial charge is 0.496 e. The van der Waals surface area contributed by atoms with Gasteiger partial charge in [0.2, 0.25) is 0 Å². The van der Waals surface area contributed by atoms with Crippen LogP contribution < -0.4 is 10.1 Å². The first kappa shape index (κ1) is 27.1. The molecule has 2 aromatic carbocycles. The number of rotatable bonds is 8. The van der Waals surface area contributed by atoms with Gasteiger partial charge in [-0.2, -0.15) is 0 Å². The van der Waals surface area contributed by atoms with E-state index in [4.69, 9.17) is 9.47 Å². The van der Waals surface area contributed by atoms with Gasteiger partial charge in [0.1, 0.15) is 11.6 Å². The number of methoxy groups -OCH3 is 1. The van der Waals surface area contributed by atoms with Crippen LogP contribution in [0.15, 0.2) is 59.8 Å². The van der Waals surface area contributed by atoms with E-state index in [2.05, 4.69) is 10.2 Å². The van der Waals surface area contributed by atoms with E-state index in [0.717, 1.165) is 0 Å². The number of nitrogens with zero attached hydrogens (tertiary/aromatic N) is 3. The maximum absolute atomic E-state index is 13.6. The summed E-state index contributed by atoms with van der Waals surface area (Å²) < 4.78 is 24.6. The number of esters is 1. The number of piperazine rings is 1. The van der Waals surface area contributed by atoms with Crippen molar-refractivity contribution in [3.63, 3.8) is 0 Å². The first-order valence-corrected chi connectivity index (χ1v) is 12.8. The molecular weight excluding hydrogens is 491 g/mol. The van der Waals surface area contributed by atoms with E-state index in [-0.39, 0.29) is 18.5 Å². The van der Waals surface area contributed by atoms with Crippen LogP contribution in [-0.4, -0.2) is 85.6 Å². The summed E-state index contributed by atoms with van der Waals surface area (Å²) in [5.41, 5.74) is 1.89. The summed E-state index contributed by atoms with van der Waals surface area (Å²) in [5, 5.41) is 2.96. The first-order chi connectivity index (χ1) is 18.4. The lowest BCUT2D eigenvalue weighted by atomic mass is 9.93. The molecule has 0 bridgehead atoms. The molecule has 2 aliphatic rings. The Morgan fingerprint density at radius 3 is 2.45 bits per heavy atom. The molecule has 2 heterocycles. The molecule has 1 N–H and O–H groups in total. The lowest BCUT2D eigenvalue weighted by Crippen LogP contribution is -2.53. The van der Waals surface area contributed by atoms with Crippen molar-refractivity contribution in [2.75, 3.05) is 53.0 Å². The predicted molar refractivity (Wildman–Crippen MR) is 139 cm³/mol. The van der Waals surface area contributed by atoms with Crippen molar-refractivity contribution in [3.8, 4) is 5.75 Å². The Balaban J connectivity index is 1.62. The Morgan fingerprint density at radius 1 is 1.05 bits per heavy atom. The molecule has 3 amide bonds. The number of carbonyl (C=O) groups is 3. The summed E-state index contributed by atoms with van der Waals surface area (Å²) in [4.78, 5) is 44.7. The van der Waals surface area contributed by atoms with E-state index in [1.54, 1.807) is 36.0 Å². The number of nitrogens with one attached hydrogen (secondary N) is 1. The van der Waals surface area contributed by atoms with Gasteiger partial charge in [0.15, 0.2) is 0 Å². The number of halogens is 1. The monoisotopic (exact) mass is 524 g/mol. The third-order valence-corrected chi connectivity index (χ3v) is 6.80. The molecule has 2 aliphatic heterocycles. The van der Waals surface area contributed by atoms with Crippen LogP contribution in [0.25, 0.3) is 0 Å². The van der Waals surface area contributed by atoms with Crippen molar-refractivity contribution in [2.45, 2.75) is 19.9 Å². The number of likely N-dealkylation sites (N-methyl/N-ethyl adjacent to an activating group) is 1. The lowest BCUT2D eigenvalue weighted by Gasteiger charge is -2.40. The van der Waals surface area contributed by atoms with Gasteiger partial charge in [-0.3, -0.25) is 14.6 Å². The number of ether oxygens (including phenoxy) is 2. The van der Waals surface area contributed by atoms with Crippen molar-refractivity contribution >= 4 is 17.9 Å². The van der Waals surface area contributed by atoms with Crippen molar-refractivity contribution in [1.82, 2.24) is 20.0 Å². The maximum atomic E-state index is 13.6. The zero-order chi connectivity index (χ0) is 27.2. The second kappa shape index (κ2) is 12.1. The minimum Gasteiger partial charge on any atom is -0.496 e. The molecule has 4 rings (SSSR count). The molecule has 0 saturated carbocycles. The Hall–Kier alpha value is -3.92. The minimum atomic E-state index is -0.744. The van der Waals surface area contributed by atoms with E-state index in [1.165, 1.54) is 18.2 Å². The smallest absolute Gasteiger partial charge is 0.338 e. The average molecular weight is 525 g/mol. The summed E-state index contributed by atoms with van der Waals surface area (Å²) in [6, 6.07) is 11.9. The summed E-state index contributed by atoms with van der Waals surface area (Å²) >= 11 is 0. The fourth-order valence-corrected chi connectivity index (χ4v) is 4.92. The van der Waals surface area contributed by atoms with Crippen LogP contribution in [0.1, 0.15) is 35.8 Å². The second-order valence-electron chi connectivity index (χ2n) is 9.03. The van der Waals surface area contributed by atoms with Gasteiger partial charge < -0.3 is 19.7 Å². The zero-order valence-electron chi connectivity index (χ0n) is 21.9. The Morgan fingerprint density at radius 2 is 1.79 bits per heavy atom. The van der Waals surface area contributed by atoms with Crippen LogP contribution >= 0.6 is 0 Å². The maximum Gasteiger partial charge on any atom is 0.338 e. The fraction of sp³-hybridized carbons (Fsp3) is 0.393. The van der Waals surface area contributed by atoms with Crippen molar-refractivity contribution in [3.05, 3.63) is 76.7 Å². The van der Waals surface area contributed by atoms with E-state index in [0.29, 0.717) is 67.4 Å². The predicted octanol–water partition coefficient (Wildman–Crippen LogP) is 3.20. The Kier molecular flexibility index (Phi) is 8.62. The van der Waals surface area contributed by atoms with E-state index in [1.807, 2.05) is 25.1 Å². The molecule has 1 atom stereocenters. The third kappa shape index (κ3) is 5.65. The number of carbonyl (C=O) groups excluding carboxylic acids is 3. The van der Waals surface area contributed by atoms with Crippen LogP contribution in [0.4, 0.5) is 9.18 Å². The highest BCUT2D eigenvalue weighted by Crippen LogP contribution is 2.36. The molecule has 1 fully saturated rings. The van der Waals surface area contributed by atoms with Crippen LogP contribution in [0, 0.1) is 5.82 Å². The molecule has 0 radical (unpaired) electrons. The van der Waals surface area contributed by atoms with Gasteiger partial charge in [-0.25, -0.2) is 14.0 Å². The topological polar surface area (TPSA) is 91.4 Å². The normalized spacial score (nSPS) is 18.3. The van der Waals surface area contributed by atoms with Gasteiger partial charge in [-0.05, 0) is 38.1 Å². The van der Waals surface area contributed by atoms with E-state index in [9.17, 15) is 18.8 Å². The number of para-hydroxylation sites is 1. The molecule has 202 valence electrons. The molecule has 1 saturated heterocycles. The molecule has 0 aromatic heterocycles. The summed E-state index contributed by atoms with van der Waals surface area (Å²) in [6.45, 7) is 6.39. The number of urea groups is 1. The van der Waals surface area contributed by atoms with Gasteiger partial charge in [0, 0.05) is 56.1 Å². The summed E-state index contributed by atoms with van der Waals surface area (Å²) in [5.74, 6) is -0.628. The number of hydrogen-bond acceptors (Lipinski definition) is 6. The molecule has 10 heteroatoms. The quantitative estimate of drug-likeness (QED) is 0.534. The highest BCUT2D eigenvalue weighted by Gasteiger charge is 2.39. The van der Waals surface area contributed by atoms with Gasteiger partial charge in [0.25, 0.3) is 5.91 Å². The fourth-order valence-electron chi connectivity index (χ4n) is 4.92. The van der Waals surface area contributed by atoms with Gasteiger partial charge in [-0.15, -0.1) is 0 Å². The standard InChI is InChI=1S/C28H33FN4O5/c1-4-33-22(18-31-13-15-32(16-14-31)26(34)19-9-8-10-20(29)17-19)24(27(35)38-5-2)25(30-28(33)36)21-11-6-7-12-23(21)37-3/h6-12,17,25H,4-5,13-16,18H2,1-3H3,(H,30,36). The summed E-state index contributed by atoms with van der Waals surface area (Å²) in [6.07, 6.45) is 0. The average Bonchev–Trinajstić information content (AvgIpc) is 2.93. The molecule has 0 aliphatic carbocycles. The molecule has 1 unspecified atom stereocenters. The highest BCUT2D eigenvalue weighted by molar-refractivity contribution is 5.96. The Labute approximate surface area is 221 Å². The highest BCUT2D eigenvalue weighted by atomic mass is 19.1. The minimum absolute atomic E-state index is 0.190. The lowest BCUT2D eigenvalue weighted by molar-refractivity contribution is -0.139. The number of amides is 3. The number of hydrogen-bond donors (Lipinski definition) is 1. The van der Waals surface area contributed by atoms with Crippen LogP contribution in [0.2, 0.25) is 0 Å². The first-order valence-electron chi connectivity index (χ1n) is 12.8. The number of benzene rings is 2. The van der Waals surface area contributed by atoms with Crippen molar-refractivity contribution in [2.24, 2.45) is 0 Å². The van der Waals surface area contributed by atoms with Crippen molar-refractivity contribution < 1.29 is 28.2 Å². The molecule has 38 heavy (non-hydrogen) atoms. The summed E-state index contributed by atoms with van der Waals surface area (Å²) in [7, 11) is 1.54. The van der Waals surface area contributed by atoms with Crippen molar-refractivity contribution in [1.29, 1.82) is 0 Å². The molecule has 9 nitrogen and oxygen atoms in total. The van der Waals surface area contributed by atoms with E-state index >= 15 is 0 Å². The van der Waals surface area contributed by atoms with Gasteiger partial charge >= 0.3 is 12.0 Å². The third-order valence-electron chi connectivity index (χ3n) is 6.80. The second-order valence-corrected chi connectivity index (χ2v) is 9.03. The van der Waals surface area contributed by atoms with Gasteiger partial charge in [0.05, 0.1) is 25.3 Å². The SMILES string of the molecule is CCOC(=O)C1=C(CN2CCN(C(=O)c3cccc(F)c3)CC2)N(CC)C(=O)NC1c1ccccc1OC.